The van der Waals surface area contributed by atoms with Crippen molar-refractivity contribution in [2.24, 2.45) is 0 Å². The molecular formula is C19H22N6O2. The molecule has 0 radical (unpaired) electrons. The number of nitrogens with zero attached hydrogens (tertiary/aromatic N) is 6. The topological polar surface area (TPSA) is 99.2 Å². The van der Waals surface area contributed by atoms with Crippen molar-refractivity contribution in [1.82, 2.24) is 9.97 Å². The fraction of sp³-hybridized carbons (Fsp3) is 0.421. The number of piperazine rings is 1. The molecule has 0 atom stereocenters. The lowest BCUT2D eigenvalue weighted by molar-refractivity contribution is -0.384. The zero-order valence-corrected chi connectivity index (χ0v) is 15.7. The number of nitro groups is 1. The second-order valence-electron chi connectivity index (χ2n) is 6.92. The number of aryl methyl sites for hydroxylation is 1. The van der Waals surface area contributed by atoms with Crippen molar-refractivity contribution >= 4 is 17.2 Å². The molecule has 1 aromatic carbocycles. The summed E-state index contributed by atoms with van der Waals surface area (Å²) in [5, 5.41) is 20.3. The molecule has 2 heterocycles. The predicted octanol–water partition coefficient (Wildman–Crippen LogP) is 3.01. The van der Waals surface area contributed by atoms with E-state index in [-0.39, 0.29) is 11.6 Å². The largest absolute Gasteiger partial charge is 0.367 e. The maximum absolute atomic E-state index is 10.9. The van der Waals surface area contributed by atoms with Gasteiger partial charge in [-0.3, -0.25) is 10.1 Å². The summed E-state index contributed by atoms with van der Waals surface area (Å²) < 4.78 is 0. The summed E-state index contributed by atoms with van der Waals surface area (Å²) in [6, 6.07) is 8.52. The van der Waals surface area contributed by atoms with E-state index < -0.39 is 4.92 Å². The first-order chi connectivity index (χ1) is 12.9. The van der Waals surface area contributed by atoms with Crippen molar-refractivity contribution < 1.29 is 4.92 Å². The highest BCUT2D eigenvalue weighted by atomic mass is 16.6. The molecule has 0 saturated carbocycles. The maximum atomic E-state index is 10.9. The van der Waals surface area contributed by atoms with Crippen molar-refractivity contribution in [3.05, 3.63) is 51.5 Å². The van der Waals surface area contributed by atoms with E-state index in [1.165, 1.54) is 12.1 Å². The fourth-order valence-corrected chi connectivity index (χ4v) is 3.17. The fourth-order valence-electron chi connectivity index (χ4n) is 3.17. The Bertz CT molecular complexity index is 898. The summed E-state index contributed by atoms with van der Waals surface area (Å²) in [7, 11) is 0. The highest BCUT2D eigenvalue weighted by molar-refractivity contribution is 5.63. The smallest absolute Gasteiger partial charge is 0.270 e. The Hall–Kier alpha value is -3.21. The van der Waals surface area contributed by atoms with Crippen LogP contribution in [-0.2, 0) is 0 Å². The average molecular weight is 366 g/mol. The standard InChI is InChI=1S/C19H22N6O2/c1-13(2)19-21-14(3)10-18(22-19)24-8-6-23(7-9-24)17-5-4-16(25(26)27)11-15(17)12-20/h4-5,10-11,13H,6-9H2,1-3H3. The number of hydrogen-bond donors (Lipinski definition) is 0. The number of non-ortho nitro benzene ring substituents is 1. The second kappa shape index (κ2) is 7.58. The van der Waals surface area contributed by atoms with Gasteiger partial charge in [-0.15, -0.1) is 0 Å². The van der Waals surface area contributed by atoms with Crippen LogP contribution in [0.5, 0.6) is 0 Å². The third-order valence-electron chi connectivity index (χ3n) is 4.63. The lowest BCUT2D eigenvalue weighted by Crippen LogP contribution is -2.47. The molecule has 140 valence electrons. The molecule has 1 saturated heterocycles. The Morgan fingerprint density at radius 2 is 1.81 bits per heavy atom. The number of nitriles is 1. The number of anilines is 2. The number of rotatable bonds is 4. The summed E-state index contributed by atoms with van der Waals surface area (Å²) in [6.07, 6.45) is 0. The Balaban J connectivity index is 1.76. The van der Waals surface area contributed by atoms with Gasteiger partial charge in [0, 0.05) is 56.0 Å². The van der Waals surface area contributed by atoms with Crippen LogP contribution >= 0.6 is 0 Å². The zero-order chi connectivity index (χ0) is 19.6. The Labute approximate surface area is 158 Å². The molecule has 27 heavy (non-hydrogen) atoms. The first-order valence-corrected chi connectivity index (χ1v) is 8.93. The van der Waals surface area contributed by atoms with E-state index in [0.717, 1.165) is 36.1 Å². The van der Waals surface area contributed by atoms with Gasteiger partial charge in [0.2, 0.25) is 0 Å². The minimum Gasteiger partial charge on any atom is -0.367 e. The molecule has 0 bridgehead atoms. The highest BCUT2D eigenvalue weighted by Crippen LogP contribution is 2.27. The van der Waals surface area contributed by atoms with Gasteiger partial charge < -0.3 is 9.80 Å². The van der Waals surface area contributed by atoms with Crippen LogP contribution in [0, 0.1) is 28.4 Å². The van der Waals surface area contributed by atoms with Gasteiger partial charge in [0.05, 0.1) is 16.2 Å². The molecule has 8 nitrogen and oxygen atoms in total. The molecular weight excluding hydrogens is 344 g/mol. The number of benzene rings is 1. The monoisotopic (exact) mass is 366 g/mol. The summed E-state index contributed by atoms with van der Waals surface area (Å²) in [6.45, 7) is 9.08. The van der Waals surface area contributed by atoms with Gasteiger partial charge in [-0.05, 0) is 13.0 Å². The van der Waals surface area contributed by atoms with E-state index in [2.05, 4.69) is 39.7 Å². The molecule has 0 spiro atoms. The van der Waals surface area contributed by atoms with Crippen LogP contribution in [-0.4, -0.2) is 41.1 Å². The predicted molar refractivity (Wildman–Crippen MR) is 103 cm³/mol. The SMILES string of the molecule is Cc1cc(N2CCN(c3ccc([N+](=O)[O-])cc3C#N)CC2)nc(C(C)C)n1. The Kier molecular flexibility index (Phi) is 5.21. The van der Waals surface area contributed by atoms with Crippen LogP contribution in [0.4, 0.5) is 17.2 Å². The quantitative estimate of drug-likeness (QED) is 0.606. The molecule has 0 N–H and O–H groups in total. The van der Waals surface area contributed by atoms with Crippen LogP contribution in [0.3, 0.4) is 0 Å². The van der Waals surface area contributed by atoms with Crippen molar-refractivity contribution in [3.63, 3.8) is 0 Å². The highest BCUT2D eigenvalue weighted by Gasteiger charge is 2.22. The molecule has 0 amide bonds. The minimum atomic E-state index is -0.480. The maximum Gasteiger partial charge on any atom is 0.270 e. The minimum absolute atomic E-state index is 0.0633. The first-order valence-electron chi connectivity index (χ1n) is 8.93. The van der Waals surface area contributed by atoms with Crippen molar-refractivity contribution in [3.8, 4) is 6.07 Å². The third kappa shape index (κ3) is 3.97. The van der Waals surface area contributed by atoms with Gasteiger partial charge in [0.25, 0.3) is 5.69 Å². The normalized spacial score (nSPS) is 14.3. The molecule has 8 heteroatoms. The summed E-state index contributed by atoms with van der Waals surface area (Å²) in [5.41, 5.74) is 1.96. The van der Waals surface area contributed by atoms with Crippen molar-refractivity contribution in [2.45, 2.75) is 26.7 Å². The van der Waals surface area contributed by atoms with Gasteiger partial charge in [0.15, 0.2) is 0 Å². The lowest BCUT2D eigenvalue weighted by atomic mass is 10.1. The van der Waals surface area contributed by atoms with Crippen molar-refractivity contribution in [2.75, 3.05) is 36.0 Å². The number of aromatic nitrogens is 2. The molecule has 1 aromatic heterocycles. The Morgan fingerprint density at radius 3 is 2.41 bits per heavy atom. The molecule has 1 fully saturated rings. The van der Waals surface area contributed by atoms with Crippen LogP contribution in [0.1, 0.15) is 36.8 Å². The van der Waals surface area contributed by atoms with E-state index in [1.54, 1.807) is 6.07 Å². The van der Waals surface area contributed by atoms with Crippen LogP contribution < -0.4 is 9.80 Å². The third-order valence-corrected chi connectivity index (χ3v) is 4.63. The molecule has 0 aliphatic carbocycles. The summed E-state index contributed by atoms with van der Waals surface area (Å²) in [4.78, 5) is 23.9. The molecule has 2 aromatic rings. The van der Waals surface area contributed by atoms with Gasteiger partial charge in [-0.1, -0.05) is 13.8 Å². The Morgan fingerprint density at radius 1 is 1.15 bits per heavy atom. The average Bonchev–Trinajstić information content (AvgIpc) is 2.67. The van der Waals surface area contributed by atoms with E-state index in [0.29, 0.717) is 18.7 Å². The molecule has 0 unspecified atom stereocenters. The first kappa shape index (κ1) is 18.6. The van der Waals surface area contributed by atoms with Gasteiger partial charge in [0.1, 0.15) is 17.7 Å². The van der Waals surface area contributed by atoms with Crippen LogP contribution in [0.25, 0.3) is 0 Å². The summed E-state index contributed by atoms with van der Waals surface area (Å²) in [5.74, 6) is 2.04. The molecule has 1 aliphatic heterocycles. The molecule has 1 aliphatic rings. The van der Waals surface area contributed by atoms with E-state index in [9.17, 15) is 15.4 Å². The van der Waals surface area contributed by atoms with Crippen LogP contribution in [0.2, 0.25) is 0 Å². The van der Waals surface area contributed by atoms with Gasteiger partial charge in [-0.2, -0.15) is 5.26 Å². The van der Waals surface area contributed by atoms with E-state index >= 15 is 0 Å². The zero-order valence-electron chi connectivity index (χ0n) is 15.7. The van der Waals surface area contributed by atoms with E-state index in [4.69, 9.17) is 0 Å². The van der Waals surface area contributed by atoms with E-state index in [1.807, 2.05) is 13.0 Å². The number of nitro benzene ring substituents is 1. The second-order valence-corrected chi connectivity index (χ2v) is 6.92. The summed E-state index contributed by atoms with van der Waals surface area (Å²) >= 11 is 0. The van der Waals surface area contributed by atoms with Gasteiger partial charge >= 0.3 is 0 Å². The van der Waals surface area contributed by atoms with Gasteiger partial charge in [-0.25, -0.2) is 9.97 Å². The van der Waals surface area contributed by atoms with Crippen LogP contribution in [0.15, 0.2) is 24.3 Å². The lowest BCUT2D eigenvalue weighted by Gasteiger charge is -2.37. The molecule has 3 rings (SSSR count). The van der Waals surface area contributed by atoms with Crippen molar-refractivity contribution in [1.29, 1.82) is 5.26 Å². The number of hydrogen-bond acceptors (Lipinski definition) is 7.